The molecule has 2 N–H and O–H groups in total. The number of halogens is 1. The van der Waals surface area contributed by atoms with Gasteiger partial charge in [0, 0.05) is 0 Å². The highest BCUT2D eigenvalue weighted by molar-refractivity contribution is 7.17. The maximum Gasteiger partial charge on any atom is 0.242 e. The van der Waals surface area contributed by atoms with Gasteiger partial charge in [0.2, 0.25) is 5.91 Å². The summed E-state index contributed by atoms with van der Waals surface area (Å²) in [7, 11) is 0. The minimum atomic E-state index is -0.116. The fourth-order valence-electron chi connectivity index (χ4n) is 1.51. The molecule has 0 spiro atoms. The second kappa shape index (κ2) is 6.41. The zero-order valence-electron chi connectivity index (χ0n) is 10.2. The summed E-state index contributed by atoms with van der Waals surface area (Å²) in [5.41, 5.74) is 6.99. The molecule has 0 aliphatic rings. The van der Waals surface area contributed by atoms with Crippen LogP contribution in [0.25, 0.3) is 5.70 Å². The molecule has 19 heavy (non-hydrogen) atoms. The smallest absolute Gasteiger partial charge is 0.242 e. The number of carbonyl (C=O) groups is 1. The molecular formula is C14H13ClN2OS. The predicted octanol–water partition coefficient (Wildman–Crippen LogP) is 3.24. The van der Waals surface area contributed by atoms with E-state index in [4.69, 9.17) is 11.6 Å². The minimum Gasteiger partial charge on any atom is -0.298 e. The Balaban J connectivity index is 1.82. The summed E-state index contributed by atoms with van der Waals surface area (Å²) >= 11 is 7.24. The van der Waals surface area contributed by atoms with Crippen LogP contribution in [-0.2, 0) is 11.2 Å². The van der Waals surface area contributed by atoms with Crippen LogP contribution in [-0.4, -0.2) is 5.91 Å². The maximum absolute atomic E-state index is 11.7. The van der Waals surface area contributed by atoms with Gasteiger partial charge in [0.15, 0.2) is 0 Å². The van der Waals surface area contributed by atoms with Crippen molar-refractivity contribution in [2.45, 2.75) is 6.42 Å². The van der Waals surface area contributed by atoms with Crippen molar-refractivity contribution in [3.63, 3.8) is 0 Å². The molecule has 0 bridgehead atoms. The lowest BCUT2D eigenvalue weighted by Gasteiger charge is -2.09. The highest BCUT2D eigenvalue weighted by Crippen LogP contribution is 2.25. The molecule has 0 aliphatic carbocycles. The Morgan fingerprint density at radius 1 is 1.16 bits per heavy atom. The lowest BCUT2D eigenvalue weighted by Crippen LogP contribution is -2.36. The van der Waals surface area contributed by atoms with Crippen LogP contribution in [0, 0.1) is 0 Å². The Kier molecular flexibility index (Phi) is 4.60. The molecule has 3 nitrogen and oxygen atoms in total. The predicted molar refractivity (Wildman–Crippen MR) is 79.8 cm³/mol. The van der Waals surface area contributed by atoms with Gasteiger partial charge in [-0.2, -0.15) is 0 Å². The van der Waals surface area contributed by atoms with Gasteiger partial charge in [-0.3, -0.25) is 15.6 Å². The quantitative estimate of drug-likeness (QED) is 0.831. The van der Waals surface area contributed by atoms with E-state index in [2.05, 4.69) is 17.4 Å². The standard InChI is InChI=1S/C14H13ClN2OS/c1-10(12-7-8-13(15)19-12)16-17-14(18)9-11-5-3-2-4-6-11/h2-8,16H,1,9H2,(H,17,18). The monoisotopic (exact) mass is 292 g/mol. The lowest BCUT2D eigenvalue weighted by atomic mass is 10.1. The Hall–Kier alpha value is -1.78. The van der Waals surface area contributed by atoms with Crippen LogP contribution in [0.15, 0.2) is 49.0 Å². The zero-order valence-corrected chi connectivity index (χ0v) is 11.7. The van der Waals surface area contributed by atoms with Crippen LogP contribution in [0.3, 0.4) is 0 Å². The average Bonchev–Trinajstić information content (AvgIpc) is 2.84. The number of hydrogen-bond donors (Lipinski definition) is 2. The van der Waals surface area contributed by atoms with Gasteiger partial charge in [0.1, 0.15) is 0 Å². The Labute approximate surface area is 120 Å². The molecule has 1 aromatic heterocycles. The third kappa shape index (κ3) is 4.12. The van der Waals surface area contributed by atoms with Gasteiger partial charge in [-0.1, -0.05) is 48.5 Å². The number of amides is 1. The molecule has 98 valence electrons. The number of carbonyl (C=O) groups excluding carboxylic acids is 1. The first-order chi connectivity index (χ1) is 9.15. The Morgan fingerprint density at radius 2 is 1.89 bits per heavy atom. The normalized spacial score (nSPS) is 9.95. The first-order valence-corrected chi connectivity index (χ1v) is 6.88. The average molecular weight is 293 g/mol. The molecule has 0 fully saturated rings. The first kappa shape index (κ1) is 13.6. The molecule has 2 rings (SSSR count). The van der Waals surface area contributed by atoms with E-state index in [1.807, 2.05) is 36.4 Å². The highest BCUT2D eigenvalue weighted by Gasteiger charge is 2.05. The number of hydrazine groups is 1. The van der Waals surface area contributed by atoms with Crippen molar-refractivity contribution in [3.05, 3.63) is 63.8 Å². The number of benzene rings is 1. The molecule has 5 heteroatoms. The van der Waals surface area contributed by atoms with E-state index in [9.17, 15) is 4.79 Å². The Morgan fingerprint density at radius 3 is 2.53 bits per heavy atom. The first-order valence-electron chi connectivity index (χ1n) is 5.68. The van der Waals surface area contributed by atoms with E-state index in [0.717, 1.165) is 10.4 Å². The van der Waals surface area contributed by atoms with Gasteiger partial charge in [0.25, 0.3) is 0 Å². The van der Waals surface area contributed by atoms with Gasteiger partial charge < -0.3 is 0 Å². The molecule has 0 aliphatic heterocycles. The molecule has 0 radical (unpaired) electrons. The molecule has 0 saturated carbocycles. The van der Waals surface area contributed by atoms with Crippen molar-refractivity contribution < 1.29 is 4.79 Å². The van der Waals surface area contributed by atoms with Crippen molar-refractivity contribution in [2.24, 2.45) is 0 Å². The number of rotatable bonds is 5. The van der Waals surface area contributed by atoms with E-state index in [1.54, 1.807) is 6.07 Å². The van der Waals surface area contributed by atoms with Crippen LogP contribution in [0.5, 0.6) is 0 Å². The Bertz CT molecular complexity index is 580. The molecule has 1 heterocycles. The van der Waals surface area contributed by atoms with Crippen molar-refractivity contribution in [1.29, 1.82) is 0 Å². The summed E-state index contributed by atoms with van der Waals surface area (Å²) < 4.78 is 0.688. The summed E-state index contributed by atoms with van der Waals surface area (Å²) in [6, 6.07) is 13.2. The van der Waals surface area contributed by atoms with Gasteiger partial charge in [0.05, 0.1) is 21.3 Å². The van der Waals surface area contributed by atoms with E-state index in [0.29, 0.717) is 16.5 Å². The van der Waals surface area contributed by atoms with Crippen LogP contribution in [0.2, 0.25) is 4.34 Å². The number of thiophene rings is 1. The van der Waals surface area contributed by atoms with E-state index in [-0.39, 0.29) is 5.91 Å². The third-order valence-corrected chi connectivity index (χ3v) is 3.72. The second-order valence-corrected chi connectivity index (χ2v) is 5.63. The van der Waals surface area contributed by atoms with Crippen LogP contribution in [0.4, 0.5) is 0 Å². The minimum absolute atomic E-state index is 0.116. The van der Waals surface area contributed by atoms with Crippen molar-refractivity contribution >= 4 is 34.5 Å². The largest absolute Gasteiger partial charge is 0.298 e. The highest BCUT2D eigenvalue weighted by atomic mass is 35.5. The molecule has 0 saturated heterocycles. The number of hydrogen-bond acceptors (Lipinski definition) is 3. The number of nitrogens with one attached hydrogen (secondary N) is 2. The molecule has 1 amide bonds. The lowest BCUT2D eigenvalue weighted by molar-refractivity contribution is -0.121. The van der Waals surface area contributed by atoms with E-state index >= 15 is 0 Å². The molecular weight excluding hydrogens is 280 g/mol. The fourth-order valence-corrected chi connectivity index (χ4v) is 2.48. The summed E-state index contributed by atoms with van der Waals surface area (Å²) in [6.07, 6.45) is 0.326. The van der Waals surface area contributed by atoms with Gasteiger partial charge in [-0.15, -0.1) is 11.3 Å². The van der Waals surface area contributed by atoms with Crippen LogP contribution < -0.4 is 10.9 Å². The molecule has 2 aromatic rings. The fraction of sp³-hybridized carbons (Fsp3) is 0.0714. The zero-order chi connectivity index (χ0) is 13.7. The summed E-state index contributed by atoms with van der Waals surface area (Å²) in [5, 5.41) is 0. The summed E-state index contributed by atoms with van der Waals surface area (Å²) in [5.74, 6) is -0.116. The van der Waals surface area contributed by atoms with Crippen molar-refractivity contribution in [3.8, 4) is 0 Å². The van der Waals surface area contributed by atoms with Crippen molar-refractivity contribution in [1.82, 2.24) is 10.9 Å². The second-order valence-electron chi connectivity index (χ2n) is 3.92. The molecule has 0 atom stereocenters. The summed E-state index contributed by atoms with van der Waals surface area (Å²) in [6.45, 7) is 3.84. The van der Waals surface area contributed by atoms with Gasteiger partial charge in [-0.05, 0) is 17.7 Å². The van der Waals surface area contributed by atoms with Gasteiger partial charge >= 0.3 is 0 Å². The van der Waals surface area contributed by atoms with Crippen LogP contribution in [0.1, 0.15) is 10.4 Å². The topological polar surface area (TPSA) is 41.1 Å². The third-order valence-electron chi connectivity index (χ3n) is 2.43. The van der Waals surface area contributed by atoms with E-state index in [1.165, 1.54) is 11.3 Å². The van der Waals surface area contributed by atoms with Crippen molar-refractivity contribution in [2.75, 3.05) is 0 Å². The molecule has 1 aromatic carbocycles. The van der Waals surface area contributed by atoms with Crippen LogP contribution >= 0.6 is 22.9 Å². The molecule has 0 unspecified atom stereocenters. The van der Waals surface area contributed by atoms with E-state index < -0.39 is 0 Å². The SMILES string of the molecule is C=C(NNC(=O)Cc1ccccc1)c1ccc(Cl)s1. The summed E-state index contributed by atoms with van der Waals surface area (Å²) in [4.78, 5) is 12.6. The van der Waals surface area contributed by atoms with Gasteiger partial charge in [-0.25, -0.2) is 0 Å². The maximum atomic E-state index is 11.7.